The Balaban J connectivity index is 2.21. The number of rotatable bonds is 2. The number of pyridine rings is 1. The lowest BCUT2D eigenvalue weighted by Gasteiger charge is -2.35. The van der Waals surface area contributed by atoms with E-state index >= 15 is 0 Å². The number of piperidine rings is 1. The van der Waals surface area contributed by atoms with E-state index in [0.29, 0.717) is 23.2 Å². The first-order valence-corrected chi connectivity index (χ1v) is 7.05. The van der Waals surface area contributed by atoms with E-state index in [0.717, 1.165) is 25.2 Å². The molecule has 19 heavy (non-hydrogen) atoms. The highest BCUT2D eigenvalue weighted by Gasteiger charge is 2.26. The lowest BCUT2D eigenvalue weighted by atomic mass is 9.91. The Morgan fingerprint density at radius 2 is 2.00 bits per heavy atom. The maximum atomic E-state index is 12.6. The summed E-state index contributed by atoms with van der Waals surface area (Å²) in [7, 11) is 0. The monoisotopic (exact) mass is 261 g/mol. The third kappa shape index (κ3) is 3.25. The largest absolute Gasteiger partial charge is 0.384 e. The standard InChI is InChI=1S/C15H23N3O/c1-4-13-6-12(7-14(16)17-13)15(19)18-8-10(2)5-11(3)9-18/h6-7,10-11H,4-5,8-9H2,1-3H3,(H2,16,17). The van der Waals surface area contributed by atoms with E-state index in [-0.39, 0.29) is 5.91 Å². The van der Waals surface area contributed by atoms with Crippen molar-refractivity contribution in [2.45, 2.75) is 33.6 Å². The van der Waals surface area contributed by atoms with Gasteiger partial charge < -0.3 is 10.6 Å². The van der Waals surface area contributed by atoms with Crippen molar-refractivity contribution < 1.29 is 4.79 Å². The van der Waals surface area contributed by atoms with Crippen molar-refractivity contribution in [3.05, 3.63) is 23.4 Å². The average molecular weight is 261 g/mol. The second kappa shape index (κ2) is 5.59. The summed E-state index contributed by atoms with van der Waals surface area (Å²) in [5, 5.41) is 0. The van der Waals surface area contributed by atoms with Gasteiger partial charge in [0.1, 0.15) is 5.82 Å². The van der Waals surface area contributed by atoms with E-state index in [2.05, 4.69) is 18.8 Å². The molecule has 0 radical (unpaired) electrons. The van der Waals surface area contributed by atoms with Crippen molar-refractivity contribution in [3.63, 3.8) is 0 Å². The summed E-state index contributed by atoms with van der Waals surface area (Å²) in [6.45, 7) is 8.10. The van der Waals surface area contributed by atoms with Gasteiger partial charge in [0.15, 0.2) is 0 Å². The van der Waals surface area contributed by atoms with Gasteiger partial charge in [0.2, 0.25) is 0 Å². The smallest absolute Gasteiger partial charge is 0.254 e. The highest BCUT2D eigenvalue weighted by Crippen LogP contribution is 2.23. The van der Waals surface area contributed by atoms with Gasteiger partial charge in [-0.15, -0.1) is 0 Å². The Morgan fingerprint density at radius 1 is 1.37 bits per heavy atom. The van der Waals surface area contributed by atoms with Gasteiger partial charge in [-0.25, -0.2) is 4.98 Å². The Kier molecular flexibility index (Phi) is 4.08. The highest BCUT2D eigenvalue weighted by molar-refractivity contribution is 5.95. The number of likely N-dealkylation sites (tertiary alicyclic amines) is 1. The molecule has 0 spiro atoms. The zero-order valence-corrected chi connectivity index (χ0v) is 12.0. The average Bonchev–Trinajstić information content (AvgIpc) is 2.35. The van der Waals surface area contributed by atoms with Crippen LogP contribution in [0, 0.1) is 11.8 Å². The SMILES string of the molecule is CCc1cc(C(=O)N2CC(C)CC(C)C2)cc(N)n1. The van der Waals surface area contributed by atoms with Crippen LogP contribution in [0.15, 0.2) is 12.1 Å². The van der Waals surface area contributed by atoms with Crippen LogP contribution in [0.3, 0.4) is 0 Å². The molecule has 0 aliphatic carbocycles. The first kappa shape index (κ1) is 13.8. The molecule has 0 saturated carbocycles. The Hall–Kier alpha value is -1.58. The molecule has 4 heteroatoms. The maximum Gasteiger partial charge on any atom is 0.254 e. The number of aryl methyl sites for hydroxylation is 1. The fraction of sp³-hybridized carbons (Fsp3) is 0.600. The number of aromatic nitrogens is 1. The summed E-state index contributed by atoms with van der Waals surface area (Å²) in [4.78, 5) is 18.7. The number of nitrogen functional groups attached to an aromatic ring is 1. The first-order chi connectivity index (χ1) is 8.99. The van der Waals surface area contributed by atoms with E-state index in [1.807, 2.05) is 17.9 Å². The van der Waals surface area contributed by atoms with E-state index < -0.39 is 0 Å². The lowest BCUT2D eigenvalue weighted by molar-refractivity contribution is 0.0623. The molecule has 2 atom stereocenters. The maximum absolute atomic E-state index is 12.6. The zero-order chi connectivity index (χ0) is 14.0. The Bertz CT molecular complexity index is 462. The fourth-order valence-electron chi connectivity index (χ4n) is 2.93. The minimum Gasteiger partial charge on any atom is -0.384 e. The van der Waals surface area contributed by atoms with E-state index in [1.54, 1.807) is 6.07 Å². The third-order valence-electron chi connectivity index (χ3n) is 3.66. The summed E-state index contributed by atoms with van der Waals surface area (Å²) < 4.78 is 0. The number of carbonyl (C=O) groups excluding carboxylic acids is 1. The van der Waals surface area contributed by atoms with Gasteiger partial charge in [-0.05, 0) is 36.8 Å². The van der Waals surface area contributed by atoms with Crippen molar-refractivity contribution in [2.24, 2.45) is 11.8 Å². The Labute approximate surface area is 115 Å². The van der Waals surface area contributed by atoms with Gasteiger partial charge in [-0.2, -0.15) is 0 Å². The quantitative estimate of drug-likeness (QED) is 0.889. The zero-order valence-electron chi connectivity index (χ0n) is 12.0. The minimum atomic E-state index is 0.0854. The normalized spacial score (nSPS) is 23.4. The predicted octanol–water partition coefficient (Wildman–Crippen LogP) is 2.34. The van der Waals surface area contributed by atoms with Crippen LogP contribution >= 0.6 is 0 Å². The topological polar surface area (TPSA) is 59.2 Å². The molecule has 1 fully saturated rings. The second-order valence-corrected chi connectivity index (χ2v) is 5.78. The van der Waals surface area contributed by atoms with E-state index in [9.17, 15) is 4.79 Å². The van der Waals surface area contributed by atoms with Crippen LogP contribution in [0.1, 0.15) is 43.2 Å². The number of amides is 1. The predicted molar refractivity (Wildman–Crippen MR) is 76.9 cm³/mol. The van der Waals surface area contributed by atoms with Gasteiger partial charge in [-0.3, -0.25) is 4.79 Å². The number of hydrogen-bond acceptors (Lipinski definition) is 3. The lowest BCUT2D eigenvalue weighted by Crippen LogP contribution is -2.42. The summed E-state index contributed by atoms with van der Waals surface area (Å²) >= 11 is 0. The van der Waals surface area contributed by atoms with Crippen molar-refractivity contribution >= 4 is 11.7 Å². The van der Waals surface area contributed by atoms with E-state index in [4.69, 9.17) is 5.73 Å². The number of hydrogen-bond donors (Lipinski definition) is 1. The van der Waals surface area contributed by atoms with Crippen LogP contribution in [-0.4, -0.2) is 28.9 Å². The highest BCUT2D eigenvalue weighted by atomic mass is 16.2. The van der Waals surface area contributed by atoms with Crippen LogP contribution in [-0.2, 0) is 6.42 Å². The van der Waals surface area contributed by atoms with Crippen molar-refractivity contribution in [2.75, 3.05) is 18.8 Å². The molecule has 1 aromatic heterocycles. The summed E-state index contributed by atoms with van der Waals surface area (Å²) in [6, 6.07) is 3.55. The molecule has 1 aliphatic rings. The molecule has 1 saturated heterocycles. The molecule has 1 amide bonds. The third-order valence-corrected chi connectivity index (χ3v) is 3.66. The molecule has 2 heterocycles. The summed E-state index contributed by atoms with van der Waals surface area (Å²) in [6.07, 6.45) is 1.99. The van der Waals surface area contributed by atoms with Gasteiger partial charge in [0.05, 0.1) is 0 Å². The van der Waals surface area contributed by atoms with Crippen molar-refractivity contribution in [3.8, 4) is 0 Å². The molecular formula is C15H23N3O. The van der Waals surface area contributed by atoms with Gasteiger partial charge in [0, 0.05) is 24.3 Å². The summed E-state index contributed by atoms with van der Waals surface area (Å²) in [5.41, 5.74) is 7.32. The second-order valence-electron chi connectivity index (χ2n) is 5.78. The number of anilines is 1. The molecule has 4 nitrogen and oxygen atoms in total. The van der Waals surface area contributed by atoms with Crippen molar-refractivity contribution in [1.82, 2.24) is 9.88 Å². The van der Waals surface area contributed by atoms with Crippen LogP contribution in [0.2, 0.25) is 0 Å². The number of carbonyl (C=O) groups is 1. The molecule has 2 rings (SSSR count). The number of nitrogens with two attached hydrogens (primary N) is 1. The van der Waals surface area contributed by atoms with E-state index in [1.165, 1.54) is 6.42 Å². The van der Waals surface area contributed by atoms with Gasteiger partial charge in [0.25, 0.3) is 5.91 Å². The number of nitrogens with zero attached hydrogens (tertiary/aromatic N) is 2. The minimum absolute atomic E-state index is 0.0854. The van der Waals surface area contributed by atoms with Crippen LogP contribution in [0.4, 0.5) is 5.82 Å². The molecule has 104 valence electrons. The molecular weight excluding hydrogens is 238 g/mol. The molecule has 0 aromatic carbocycles. The Morgan fingerprint density at radius 3 is 2.58 bits per heavy atom. The molecule has 0 bridgehead atoms. The molecule has 1 aliphatic heterocycles. The molecule has 2 unspecified atom stereocenters. The van der Waals surface area contributed by atoms with Crippen LogP contribution in [0.25, 0.3) is 0 Å². The van der Waals surface area contributed by atoms with Crippen LogP contribution < -0.4 is 5.73 Å². The van der Waals surface area contributed by atoms with Crippen molar-refractivity contribution in [1.29, 1.82) is 0 Å². The molecule has 2 N–H and O–H groups in total. The fourth-order valence-corrected chi connectivity index (χ4v) is 2.93. The van der Waals surface area contributed by atoms with Gasteiger partial charge >= 0.3 is 0 Å². The van der Waals surface area contributed by atoms with Crippen LogP contribution in [0.5, 0.6) is 0 Å². The first-order valence-electron chi connectivity index (χ1n) is 7.05. The van der Waals surface area contributed by atoms with Gasteiger partial charge in [-0.1, -0.05) is 20.8 Å². The summed E-state index contributed by atoms with van der Waals surface area (Å²) in [5.74, 6) is 1.65. The molecule has 1 aromatic rings.